The van der Waals surface area contributed by atoms with E-state index in [4.69, 9.17) is 16.3 Å². The fourth-order valence-corrected chi connectivity index (χ4v) is 3.59. The summed E-state index contributed by atoms with van der Waals surface area (Å²) in [6.07, 6.45) is 4.94. The normalized spacial score (nSPS) is 17.5. The highest BCUT2D eigenvalue weighted by atomic mass is 35.5. The van der Waals surface area contributed by atoms with Gasteiger partial charge in [-0.1, -0.05) is 60.0 Å². The third kappa shape index (κ3) is 5.10. The van der Waals surface area contributed by atoms with Crippen LogP contribution in [0.15, 0.2) is 42.5 Å². The first-order valence-corrected chi connectivity index (χ1v) is 9.69. The van der Waals surface area contributed by atoms with Crippen molar-refractivity contribution >= 4 is 29.4 Å². The molecule has 2 aromatic carbocycles. The van der Waals surface area contributed by atoms with E-state index in [9.17, 15) is 0 Å². The van der Waals surface area contributed by atoms with Crippen molar-refractivity contribution in [3.63, 3.8) is 0 Å². The van der Waals surface area contributed by atoms with Gasteiger partial charge in [0.1, 0.15) is 0 Å². The Morgan fingerprint density at radius 3 is 2.52 bits per heavy atom. The number of hydrogen-bond acceptors (Lipinski definition) is 2. The zero-order chi connectivity index (χ0) is 17.6. The molecule has 0 bridgehead atoms. The highest BCUT2D eigenvalue weighted by Crippen LogP contribution is 2.14. The van der Waals surface area contributed by atoms with Crippen molar-refractivity contribution in [2.75, 3.05) is 13.2 Å². The molecule has 132 valence electrons. The Balaban J connectivity index is 1.73. The third-order valence-electron chi connectivity index (χ3n) is 5.04. The number of hydrogen-bond donors (Lipinski definition) is 1. The minimum atomic E-state index is -0.0673. The molecule has 2 aromatic rings. The Hall–Kier alpha value is -1.29. The average Bonchev–Trinajstić information content (AvgIpc) is 2.63. The van der Waals surface area contributed by atoms with E-state index in [0.29, 0.717) is 6.04 Å². The molecule has 25 heavy (non-hydrogen) atoms. The predicted octanol–water partition coefficient (Wildman–Crippen LogP) is 3.61. The highest BCUT2D eigenvalue weighted by Gasteiger charge is 2.23. The second-order valence-electron chi connectivity index (χ2n) is 7.11. The lowest BCUT2D eigenvalue weighted by atomic mass is 9.55. The van der Waals surface area contributed by atoms with Gasteiger partial charge in [-0.05, 0) is 62.2 Å². The highest BCUT2D eigenvalue weighted by molar-refractivity contribution is 6.80. The van der Waals surface area contributed by atoms with E-state index in [1.54, 1.807) is 0 Å². The predicted molar refractivity (Wildman–Crippen MR) is 109 cm³/mol. The van der Waals surface area contributed by atoms with Gasteiger partial charge < -0.3 is 9.97 Å². The van der Waals surface area contributed by atoms with E-state index in [2.05, 4.69) is 48.6 Å². The summed E-state index contributed by atoms with van der Waals surface area (Å²) in [5, 5.41) is 4.39. The van der Waals surface area contributed by atoms with Crippen LogP contribution >= 0.6 is 11.6 Å². The summed E-state index contributed by atoms with van der Waals surface area (Å²) in [7, 11) is 0. The first kappa shape index (κ1) is 18.5. The van der Waals surface area contributed by atoms with Crippen molar-refractivity contribution in [3.8, 4) is 0 Å². The number of rotatable bonds is 6. The zero-order valence-corrected chi connectivity index (χ0v) is 16.0. The molecule has 4 heteroatoms. The minimum absolute atomic E-state index is 0.0673. The Morgan fingerprint density at radius 1 is 1.08 bits per heavy atom. The van der Waals surface area contributed by atoms with Crippen LogP contribution in [0.1, 0.15) is 36.8 Å². The molecule has 1 aliphatic rings. The lowest BCUT2D eigenvalue weighted by molar-refractivity contribution is 0.276. The molecule has 0 radical (unpaired) electrons. The summed E-state index contributed by atoms with van der Waals surface area (Å²) >= 11 is 6.36. The molecule has 0 amide bonds. The van der Waals surface area contributed by atoms with Gasteiger partial charge in [-0.25, -0.2) is 0 Å². The Morgan fingerprint density at radius 2 is 1.84 bits per heavy atom. The molecule has 1 unspecified atom stereocenters. The van der Waals surface area contributed by atoms with Crippen LogP contribution < -0.4 is 16.2 Å². The molecule has 0 spiro atoms. The van der Waals surface area contributed by atoms with Crippen LogP contribution in [0.5, 0.6) is 0 Å². The standard InChI is InChI=1S/C21H27BClNO/c1-16-6-9-18(10-7-16)22(19-11-8-17(2)21(23)15-19)25-14-12-20-5-3-4-13-24-20/h6-11,15,20,24H,3-5,12-14H2,1-2H3. The molecule has 3 rings (SSSR count). The fraction of sp³-hybridized carbons (Fsp3) is 0.429. The number of nitrogens with one attached hydrogen (secondary N) is 1. The second kappa shape index (κ2) is 8.89. The maximum absolute atomic E-state index is 6.36. The summed E-state index contributed by atoms with van der Waals surface area (Å²) in [6, 6.07) is 15.4. The molecular formula is C21H27BClNO. The van der Waals surface area contributed by atoms with Gasteiger partial charge in [0.15, 0.2) is 0 Å². The van der Waals surface area contributed by atoms with Gasteiger partial charge in [-0.3, -0.25) is 0 Å². The number of piperidine rings is 1. The van der Waals surface area contributed by atoms with Crippen LogP contribution in [-0.4, -0.2) is 26.1 Å². The molecule has 0 aliphatic carbocycles. The first-order chi connectivity index (χ1) is 12.1. The van der Waals surface area contributed by atoms with Crippen molar-refractivity contribution in [3.05, 3.63) is 58.6 Å². The average molecular weight is 356 g/mol. The van der Waals surface area contributed by atoms with Gasteiger partial charge in [0.2, 0.25) is 0 Å². The quantitative estimate of drug-likeness (QED) is 0.799. The number of benzene rings is 2. The monoisotopic (exact) mass is 355 g/mol. The van der Waals surface area contributed by atoms with Gasteiger partial charge in [0.25, 0.3) is 0 Å². The Labute approximate surface area is 157 Å². The van der Waals surface area contributed by atoms with Crippen LogP contribution in [-0.2, 0) is 4.65 Å². The fourth-order valence-electron chi connectivity index (χ4n) is 3.40. The molecule has 2 nitrogen and oxygen atoms in total. The maximum Gasteiger partial charge on any atom is 0.361 e. The van der Waals surface area contributed by atoms with Crippen LogP contribution in [0.25, 0.3) is 0 Å². The third-order valence-corrected chi connectivity index (χ3v) is 5.45. The molecule has 1 aliphatic heterocycles. The van der Waals surface area contributed by atoms with Crippen LogP contribution in [0.3, 0.4) is 0 Å². The van der Waals surface area contributed by atoms with Crippen LogP contribution in [0, 0.1) is 13.8 Å². The van der Waals surface area contributed by atoms with Crippen molar-refractivity contribution in [2.24, 2.45) is 0 Å². The van der Waals surface area contributed by atoms with Crippen molar-refractivity contribution in [2.45, 2.75) is 45.6 Å². The van der Waals surface area contributed by atoms with Gasteiger partial charge >= 0.3 is 6.92 Å². The molecule has 1 saturated heterocycles. The van der Waals surface area contributed by atoms with E-state index < -0.39 is 0 Å². The summed E-state index contributed by atoms with van der Waals surface area (Å²) in [5.41, 5.74) is 4.66. The molecule has 0 aromatic heterocycles. The lowest BCUT2D eigenvalue weighted by Gasteiger charge is -2.24. The smallest absolute Gasteiger partial charge is 0.361 e. The summed E-state index contributed by atoms with van der Waals surface area (Å²) in [6.45, 7) is 5.96. The Kier molecular flexibility index (Phi) is 6.58. The summed E-state index contributed by atoms with van der Waals surface area (Å²) in [4.78, 5) is 0. The van der Waals surface area contributed by atoms with E-state index in [-0.39, 0.29) is 6.92 Å². The number of halogens is 1. The molecule has 1 atom stereocenters. The lowest BCUT2D eigenvalue weighted by Crippen LogP contribution is -2.46. The van der Waals surface area contributed by atoms with Crippen molar-refractivity contribution in [1.82, 2.24) is 5.32 Å². The second-order valence-corrected chi connectivity index (χ2v) is 7.51. The van der Waals surface area contributed by atoms with Crippen LogP contribution in [0.2, 0.25) is 5.02 Å². The Bertz CT molecular complexity index is 683. The van der Waals surface area contributed by atoms with Gasteiger partial charge in [-0.2, -0.15) is 0 Å². The first-order valence-electron chi connectivity index (χ1n) is 9.31. The van der Waals surface area contributed by atoms with Crippen molar-refractivity contribution in [1.29, 1.82) is 0 Å². The van der Waals surface area contributed by atoms with Gasteiger partial charge in [-0.15, -0.1) is 0 Å². The summed E-state index contributed by atoms with van der Waals surface area (Å²) in [5.74, 6) is 0. The SMILES string of the molecule is Cc1ccc(B(OCCC2CCCCN2)c2ccc(C)c(Cl)c2)cc1. The van der Waals surface area contributed by atoms with Gasteiger partial charge in [0, 0.05) is 17.7 Å². The topological polar surface area (TPSA) is 21.3 Å². The molecule has 0 saturated carbocycles. The maximum atomic E-state index is 6.36. The van der Waals surface area contributed by atoms with E-state index in [1.807, 2.05) is 13.0 Å². The van der Waals surface area contributed by atoms with Crippen molar-refractivity contribution < 1.29 is 4.65 Å². The minimum Gasteiger partial charge on any atom is -0.427 e. The zero-order valence-electron chi connectivity index (χ0n) is 15.2. The van der Waals surface area contributed by atoms with Gasteiger partial charge in [0.05, 0.1) is 0 Å². The largest absolute Gasteiger partial charge is 0.427 e. The molecule has 1 heterocycles. The summed E-state index contributed by atoms with van der Waals surface area (Å²) < 4.78 is 6.35. The van der Waals surface area contributed by atoms with E-state index in [1.165, 1.54) is 30.3 Å². The van der Waals surface area contributed by atoms with Crippen LogP contribution in [0.4, 0.5) is 0 Å². The van der Waals surface area contributed by atoms with E-state index in [0.717, 1.165) is 35.6 Å². The number of aryl methyl sites for hydroxylation is 2. The molecule has 1 fully saturated rings. The molecule has 1 N–H and O–H groups in total. The van der Waals surface area contributed by atoms with E-state index >= 15 is 0 Å². The molecular weight excluding hydrogens is 329 g/mol.